The topological polar surface area (TPSA) is 66.7 Å². The Morgan fingerprint density at radius 3 is 2.76 bits per heavy atom. The van der Waals surface area contributed by atoms with Gasteiger partial charge in [0.25, 0.3) is 0 Å². The SMILES string of the molecule is O=C(O)CSC1=NC(C2CCCCC2)C(=O)S1. The molecule has 0 spiro atoms. The maximum atomic E-state index is 11.8. The Kier molecular flexibility index (Phi) is 4.50. The molecule has 2 aliphatic rings. The molecule has 0 bridgehead atoms. The van der Waals surface area contributed by atoms with Gasteiger partial charge in [0.1, 0.15) is 10.4 Å². The summed E-state index contributed by atoms with van der Waals surface area (Å²) in [4.78, 5) is 26.7. The van der Waals surface area contributed by atoms with Gasteiger partial charge in [-0.3, -0.25) is 14.6 Å². The molecule has 0 saturated heterocycles. The van der Waals surface area contributed by atoms with Gasteiger partial charge in [-0.05, 0) is 30.5 Å². The summed E-state index contributed by atoms with van der Waals surface area (Å²) in [7, 11) is 0. The number of carboxylic acid groups (broad SMARTS) is 1. The number of carboxylic acids is 1. The minimum absolute atomic E-state index is 0.0174. The smallest absolute Gasteiger partial charge is 0.313 e. The Hall–Kier alpha value is -0.490. The minimum atomic E-state index is -0.869. The first-order valence-corrected chi connectivity index (χ1v) is 7.61. The van der Waals surface area contributed by atoms with Crippen molar-refractivity contribution < 1.29 is 14.7 Å². The molecule has 4 nitrogen and oxygen atoms in total. The first-order chi connectivity index (χ1) is 8.16. The molecule has 1 aliphatic carbocycles. The van der Waals surface area contributed by atoms with Gasteiger partial charge in [0.15, 0.2) is 0 Å². The normalized spacial score (nSPS) is 26.0. The van der Waals surface area contributed by atoms with E-state index in [1.54, 1.807) is 0 Å². The lowest BCUT2D eigenvalue weighted by molar-refractivity contribution is -0.133. The molecule has 1 aliphatic heterocycles. The Morgan fingerprint density at radius 1 is 1.41 bits per heavy atom. The lowest BCUT2D eigenvalue weighted by Crippen LogP contribution is -2.25. The average molecular weight is 273 g/mol. The van der Waals surface area contributed by atoms with Crippen LogP contribution in [0.3, 0.4) is 0 Å². The molecule has 0 aromatic heterocycles. The summed E-state index contributed by atoms with van der Waals surface area (Å²) < 4.78 is 0.632. The third-order valence-corrected chi connectivity index (χ3v) is 5.16. The van der Waals surface area contributed by atoms with Crippen molar-refractivity contribution in [2.75, 3.05) is 5.75 Å². The van der Waals surface area contributed by atoms with Crippen LogP contribution in [0, 0.1) is 5.92 Å². The molecule has 1 N–H and O–H groups in total. The first-order valence-electron chi connectivity index (χ1n) is 5.81. The van der Waals surface area contributed by atoms with Crippen LogP contribution in [0.5, 0.6) is 0 Å². The molecule has 2 rings (SSSR count). The van der Waals surface area contributed by atoms with Crippen LogP contribution in [0.25, 0.3) is 0 Å². The van der Waals surface area contributed by atoms with Crippen LogP contribution in [0.1, 0.15) is 32.1 Å². The molecule has 1 fully saturated rings. The summed E-state index contributed by atoms with van der Waals surface area (Å²) in [6.07, 6.45) is 5.79. The van der Waals surface area contributed by atoms with E-state index in [9.17, 15) is 9.59 Å². The van der Waals surface area contributed by atoms with E-state index in [0.29, 0.717) is 10.3 Å². The van der Waals surface area contributed by atoms with Crippen molar-refractivity contribution in [3.05, 3.63) is 0 Å². The van der Waals surface area contributed by atoms with Crippen LogP contribution in [-0.4, -0.2) is 32.4 Å². The van der Waals surface area contributed by atoms with Gasteiger partial charge in [-0.1, -0.05) is 31.0 Å². The van der Waals surface area contributed by atoms with Gasteiger partial charge in [-0.25, -0.2) is 0 Å². The zero-order valence-corrected chi connectivity index (χ0v) is 11.1. The number of aliphatic imine (C=N–C) groups is 1. The lowest BCUT2D eigenvalue weighted by Gasteiger charge is -2.23. The molecule has 6 heteroatoms. The maximum Gasteiger partial charge on any atom is 0.313 e. The van der Waals surface area contributed by atoms with Crippen molar-refractivity contribution in [3.63, 3.8) is 0 Å². The van der Waals surface area contributed by atoms with Gasteiger partial charge in [0.2, 0.25) is 5.12 Å². The van der Waals surface area contributed by atoms with E-state index in [4.69, 9.17) is 5.11 Å². The van der Waals surface area contributed by atoms with E-state index in [1.165, 1.54) is 19.3 Å². The number of carbonyl (C=O) groups is 2. The molecular formula is C11H15NO3S2. The van der Waals surface area contributed by atoms with Crippen LogP contribution < -0.4 is 0 Å². The van der Waals surface area contributed by atoms with Gasteiger partial charge in [0.05, 0.1) is 5.75 Å². The van der Waals surface area contributed by atoms with E-state index >= 15 is 0 Å². The maximum absolute atomic E-state index is 11.8. The van der Waals surface area contributed by atoms with Crippen LogP contribution >= 0.6 is 23.5 Å². The number of aliphatic carboxylic acids is 1. The predicted molar refractivity (Wildman–Crippen MR) is 70.5 cm³/mol. The molecule has 0 aromatic carbocycles. The van der Waals surface area contributed by atoms with Crippen molar-refractivity contribution in [2.45, 2.75) is 38.1 Å². The Labute approximate surface area is 109 Å². The molecule has 1 unspecified atom stereocenters. The van der Waals surface area contributed by atoms with E-state index < -0.39 is 5.97 Å². The van der Waals surface area contributed by atoms with Gasteiger partial charge in [-0.2, -0.15) is 0 Å². The fourth-order valence-electron chi connectivity index (χ4n) is 2.28. The lowest BCUT2D eigenvalue weighted by atomic mass is 9.84. The standard InChI is InChI=1S/C11H15NO3S2/c13-8(14)6-16-11-12-9(10(15)17-11)7-4-2-1-3-5-7/h7,9H,1-6H2,(H,13,14). The van der Waals surface area contributed by atoms with Crippen molar-refractivity contribution in [2.24, 2.45) is 10.9 Å². The fourth-order valence-corrected chi connectivity index (χ4v) is 4.08. The molecule has 0 amide bonds. The Balaban J connectivity index is 1.93. The average Bonchev–Trinajstić information content (AvgIpc) is 2.69. The van der Waals surface area contributed by atoms with Gasteiger partial charge >= 0.3 is 5.97 Å². The number of thioether (sulfide) groups is 2. The summed E-state index contributed by atoms with van der Waals surface area (Å²) in [5, 5.41) is 8.69. The van der Waals surface area contributed by atoms with Crippen LogP contribution in [0.4, 0.5) is 0 Å². The van der Waals surface area contributed by atoms with Crippen LogP contribution in [0.15, 0.2) is 4.99 Å². The summed E-state index contributed by atoms with van der Waals surface area (Å²) in [6, 6.07) is -0.211. The fraction of sp³-hybridized carbons (Fsp3) is 0.727. The minimum Gasteiger partial charge on any atom is -0.481 e. The zero-order valence-electron chi connectivity index (χ0n) is 9.42. The Bertz CT molecular complexity index is 351. The van der Waals surface area contributed by atoms with Crippen molar-refractivity contribution >= 4 is 39.0 Å². The highest BCUT2D eigenvalue weighted by Crippen LogP contribution is 2.36. The highest BCUT2D eigenvalue weighted by molar-refractivity contribution is 8.45. The van der Waals surface area contributed by atoms with Crippen molar-refractivity contribution in [3.8, 4) is 0 Å². The quantitative estimate of drug-likeness (QED) is 0.855. The second kappa shape index (κ2) is 5.91. The number of nitrogens with zero attached hydrogens (tertiary/aromatic N) is 1. The molecular weight excluding hydrogens is 258 g/mol. The first kappa shape index (κ1) is 13.0. The van der Waals surface area contributed by atoms with E-state index in [2.05, 4.69) is 4.99 Å². The second-order valence-electron chi connectivity index (χ2n) is 4.34. The number of hydrogen-bond donors (Lipinski definition) is 1. The third-order valence-electron chi connectivity index (χ3n) is 3.09. The molecule has 94 valence electrons. The second-order valence-corrected chi connectivity index (χ2v) is 6.56. The largest absolute Gasteiger partial charge is 0.481 e. The van der Waals surface area contributed by atoms with Crippen LogP contribution in [-0.2, 0) is 9.59 Å². The molecule has 1 saturated carbocycles. The molecule has 0 radical (unpaired) electrons. The summed E-state index contributed by atoms with van der Waals surface area (Å²) in [6.45, 7) is 0. The van der Waals surface area contributed by atoms with E-state index in [-0.39, 0.29) is 16.9 Å². The van der Waals surface area contributed by atoms with Gasteiger partial charge in [-0.15, -0.1) is 0 Å². The van der Waals surface area contributed by atoms with Crippen molar-refractivity contribution in [1.82, 2.24) is 0 Å². The van der Waals surface area contributed by atoms with Gasteiger partial charge in [0, 0.05) is 0 Å². The number of carbonyl (C=O) groups excluding carboxylic acids is 1. The molecule has 1 heterocycles. The molecule has 1 atom stereocenters. The molecule has 0 aromatic rings. The van der Waals surface area contributed by atoms with E-state index in [0.717, 1.165) is 36.4 Å². The summed E-state index contributed by atoms with van der Waals surface area (Å²) in [5.41, 5.74) is 0. The molecule has 17 heavy (non-hydrogen) atoms. The van der Waals surface area contributed by atoms with Crippen molar-refractivity contribution in [1.29, 1.82) is 0 Å². The van der Waals surface area contributed by atoms with E-state index in [1.807, 2.05) is 0 Å². The highest BCUT2D eigenvalue weighted by Gasteiger charge is 2.35. The zero-order chi connectivity index (χ0) is 12.3. The highest BCUT2D eigenvalue weighted by atomic mass is 32.2. The number of hydrogen-bond acceptors (Lipinski definition) is 5. The number of rotatable bonds is 3. The van der Waals surface area contributed by atoms with Crippen LogP contribution in [0.2, 0.25) is 0 Å². The monoisotopic (exact) mass is 273 g/mol. The summed E-state index contributed by atoms with van der Waals surface area (Å²) >= 11 is 2.28. The third kappa shape index (κ3) is 3.48. The van der Waals surface area contributed by atoms with Gasteiger partial charge < -0.3 is 5.11 Å². The Morgan fingerprint density at radius 2 is 2.12 bits per heavy atom. The predicted octanol–water partition coefficient (Wildman–Crippen LogP) is 2.38. The summed E-state index contributed by atoms with van der Waals surface area (Å²) in [5.74, 6) is -0.505.